The van der Waals surface area contributed by atoms with Crippen molar-refractivity contribution in [3.05, 3.63) is 65.4 Å². The number of furan rings is 1. The fourth-order valence-corrected chi connectivity index (χ4v) is 2.40. The number of carbonyl (C=O) groups excluding carboxylic acids is 2. The van der Waals surface area contributed by atoms with E-state index < -0.39 is 11.9 Å². The van der Waals surface area contributed by atoms with Gasteiger partial charge in [-0.2, -0.15) is 0 Å². The summed E-state index contributed by atoms with van der Waals surface area (Å²) in [6.45, 7) is 3.38. The lowest BCUT2D eigenvalue weighted by Gasteiger charge is -2.06. The molecule has 0 saturated heterocycles. The van der Waals surface area contributed by atoms with E-state index in [2.05, 4.69) is 5.32 Å². The second kappa shape index (κ2) is 6.58. The highest BCUT2D eigenvalue weighted by molar-refractivity contribution is 5.98. The van der Waals surface area contributed by atoms with Gasteiger partial charge in [-0.1, -0.05) is 35.9 Å². The van der Waals surface area contributed by atoms with Gasteiger partial charge in [0.25, 0.3) is 5.91 Å². The number of ether oxygens (including phenoxy) is 1. The van der Waals surface area contributed by atoms with Gasteiger partial charge in [-0.3, -0.25) is 4.79 Å². The van der Waals surface area contributed by atoms with Gasteiger partial charge in [0.2, 0.25) is 5.76 Å². The number of anilines is 1. The van der Waals surface area contributed by atoms with Gasteiger partial charge in [0, 0.05) is 16.6 Å². The van der Waals surface area contributed by atoms with E-state index >= 15 is 0 Å². The van der Waals surface area contributed by atoms with Crippen molar-refractivity contribution in [2.75, 3.05) is 11.9 Å². The largest absolute Gasteiger partial charge is 0.450 e. The van der Waals surface area contributed by atoms with E-state index in [-0.39, 0.29) is 12.4 Å². The molecule has 0 saturated carbocycles. The van der Waals surface area contributed by atoms with Crippen LogP contribution in [0.15, 0.2) is 52.9 Å². The summed E-state index contributed by atoms with van der Waals surface area (Å²) in [5.41, 5.74) is 3.07. The maximum absolute atomic E-state index is 12.1. The molecule has 0 atom stereocenters. The van der Waals surface area contributed by atoms with E-state index in [1.54, 1.807) is 25.1 Å². The Labute approximate surface area is 139 Å². The number of rotatable bonds is 4. The Balaban J connectivity index is 1.63. The molecule has 3 rings (SSSR count). The molecule has 0 spiro atoms. The van der Waals surface area contributed by atoms with E-state index in [1.807, 2.05) is 37.3 Å². The number of para-hydroxylation sites is 1. The molecule has 1 heterocycles. The predicted octanol–water partition coefficient (Wildman–Crippen LogP) is 3.85. The first-order chi connectivity index (χ1) is 11.5. The van der Waals surface area contributed by atoms with Crippen LogP contribution in [0, 0.1) is 13.8 Å². The van der Waals surface area contributed by atoms with Gasteiger partial charge in [0.1, 0.15) is 5.58 Å². The van der Waals surface area contributed by atoms with E-state index in [4.69, 9.17) is 9.15 Å². The van der Waals surface area contributed by atoms with Crippen LogP contribution in [-0.4, -0.2) is 18.5 Å². The van der Waals surface area contributed by atoms with Crippen LogP contribution in [0.3, 0.4) is 0 Å². The van der Waals surface area contributed by atoms with Crippen molar-refractivity contribution in [3.8, 4) is 0 Å². The molecule has 0 aliphatic rings. The maximum Gasteiger partial charge on any atom is 0.375 e. The third-order valence-corrected chi connectivity index (χ3v) is 3.70. The van der Waals surface area contributed by atoms with Crippen molar-refractivity contribution in [3.63, 3.8) is 0 Å². The summed E-state index contributed by atoms with van der Waals surface area (Å²) in [5.74, 6) is -0.928. The lowest BCUT2D eigenvalue weighted by atomic mass is 10.1. The number of carbonyl (C=O) groups is 2. The average molecular weight is 323 g/mol. The summed E-state index contributed by atoms with van der Waals surface area (Å²) >= 11 is 0. The zero-order chi connectivity index (χ0) is 17.1. The normalized spacial score (nSPS) is 10.6. The molecule has 24 heavy (non-hydrogen) atoms. The third-order valence-electron chi connectivity index (χ3n) is 3.70. The lowest BCUT2D eigenvalue weighted by molar-refractivity contribution is -0.119. The first-order valence-corrected chi connectivity index (χ1v) is 7.56. The SMILES string of the molecule is Cc1ccc(NC(=O)COC(=O)c2oc3ccccc3c2C)cc1. The Morgan fingerprint density at radius 2 is 1.75 bits per heavy atom. The molecule has 5 nitrogen and oxygen atoms in total. The number of hydrogen-bond donors (Lipinski definition) is 1. The molecule has 0 radical (unpaired) electrons. The van der Waals surface area contributed by atoms with Gasteiger partial charge in [0.05, 0.1) is 0 Å². The number of fused-ring (bicyclic) bond motifs is 1. The summed E-state index contributed by atoms with van der Waals surface area (Å²) in [7, 11) is 0. The molecule has 1 aromatic heterocycles. The summed E-state index contributed by atoms with van der Waals surface area (Å²) in [6.07, 6.45) is 0. The zero-order valence-corrected chi connectivity index (χ0v) is 13.5. The number of esters is 1. The molecule has 0 unspecified atom stereocenters. The van der Waals surface area contributed by atoms with Crippen molar-refractivity contribution >= 4 is 28.5 Å². The monoisotopic (exact) mass is 323 g/mol. The highest BCUT2D eigenvalue weighted by Crippen LogP contribution is 2.25. The summed E-state index contributed by atoms with van der Waals surface area (Å²) in [5, 5.41) is 3.53. The van der Waals surface area contributed by atoms with Crippen LogP contribution in [0.5, 0.6) is 0 Å². The van der Waals surface area contributed by atoms with E-state index in [0.29, 0.717) is 16.8 Å². The molecule has 3 aromatic rings. The molecule has 0 aliphatic heterocycles. The average Bonchev–Trinajstić information content (AvgIpc) is 2.92. The minimum Gasteiger partial charge on any atom is -0.450 e. The molecule has 0 aliphatic carbocycles. The summed E-state index contributed by atoms with van der Waals surface area (Å²) in [6, 6.07) is 14.7. The van der Waals surface area contributed by atoms with Crippen molar-refractivity contribution in [1.82, 2.24) is 0 Å². The van der Waals surface area contributed by atoms with Crippen LogP contribution >= 0.6 is 0 Å². The van der Waals surface area contributed by atoms with Crippen LogP contribution < -0.4 is 5.32 Å². The summed E-state index contributed by atoms with van der Waals surface area (Å²) in [4.78, 5) is 24.0. The second-order valence-electron chi connectivity index (χ2n) is 5.54. The van der Waals surface area contributed by atoms with E-state index in [9.17, 15) is 9.59 Å². The molecule has 1 amide bonds. The predicted molar refractivity (Wildman–Crippen MR) is 91.0 cm³/mol. The Kier molecular flexibility index (Phi) is 4.33. The van der Waals surface area contributed by atoms with Gasteiger partial charge in [-0.25, -0.2) is 4.79 Å². The fourth-order valence-electron chi connectivity index (χ4n) is 2.40. The Bertz CT molecular complexity index is 893. The molecule has 1 N–H and O–H groups in total. The van der Waals surface area contributed by atoms with Crippen molar-refractivity contribution < 1.29 is 18.7 Å². The van der Waals surface area contributed by atoms with Gasteiger partial charge in [-0.15, -0.1) is 0 Å². The third kappa shape index (κ3) is 3.30. The van der Waals surface area contributed by atoms with Gasteiger partial charge >= 0.3 is 5.97 Å². The van der Waals surface area contributed by atoms with Gasteiger partial charge in [-0.05, 0) is 32.0 Å². The molecule has 2 aromatic carbocycles. The zero-order valence-electron chi connectivity index (χ0n) is 13.5. The van der Waals surface area contributed by atoms with Crippen LogP contribution in [0.4, 0.5) is 5.69 Å². The maximum atomic E-state index is 12.1. The van der Waals surface area contributed by atoms with Crippen LogP contribution in [0.25, 0.3) is 11.0 Å². The van der Waals surface area contributed by atoms with Crippen LogP contribution in [0.2, 0.25) is 0 Å². The Morgan fingerprint density at radius 3 is 2.46 bits per heavy atom. The number of hydrogen-bond acceptors (Lipinski definition) is 4. The minimum atomic E-state index is -0.650. The first-order valence-electron chi connectivity index (χ1n) is 7.56. The second-order valence-corrected chi connectivity index (χ2v) is 5.54. The lowest BCUT2D eigenvalue weighted by Crippen LogP contribution is -2.21. The van der Waals surface area contributed by atoms with Crippen LogP contribution in [-0.2, 0) is 9.53 Å². The Hall–Kier alpha value is -3.08. The first kappa shape index (κ1) is 15.8. The molecular formula is C19H17NO4. The van der Waals surface area contributed by atoms with E-state index in [1.165, 1.54) is 0 Å². The Morgan fingerprint density at radius 1 is 1.04 bits per heavy atom. The minimum absolute atomic E-state index is 0.124. The van der Waals surface area contributed by atoms with Crippen molar-refractivity contribution in [2.45, 2.75) is 13.8 Å². The van der Waals surface area contributed by atoms with Gasteiger partial charge in [0.15, 0.2) is 6.61 Å². The quantitative estimate of drug-likeness (QED) is 0.741. The van der Waals surface area contributed by atoms with Crippen molar-refractivity contribution in [1.29, 1.82) is 0 Å². The standard InChI is InChI=1S/C19H17NO4/c1-12-7-9-14(10-8-12)20-17(21)11-23-19(22)18-13(2)15-5-3-4-6-16(15)24-18/h3-10H,11H2,1-2H3,(H,20,21). The molecular weight excluding hydrogens is 306 g/mol. The molecule has 0 fully saturated rings. The number of nitrogens with one attached hydrogen (secondary N) is 1. The van der Waals surface area contributed by atoms with Gasteiger partial charge < -0.3 is 14.5 Å². The van der Waals surface area contributed by atoms with Crippen LogP contribution in [0.1, 0.15) is 21.7 Å². The highest BCUT2D eigenvalue weighted by atomic mass is 16.5. The fraction of sp³-hybridized carbons (Fsp3) is 0.158. The number of aryl methyl sites for hydroxylation is 2. The molecule has 0 bridgehead atoms. The van der Waals surface area contributed by atoms with E-state index in [0.717, 1.165) is 10.9 Å². The molecule has 5 heteroatoms. The topological polar surface area (TPSA) is 68.5 Å². The van der Waals surface area contributed by atoms with Crippen molar-refractivity contribution in [2.24, 2.45) is 0 Å². The number of benzene rings is 2. The smallest absolute Gasteiger partial charge is 0.375 e. The summed E-state index contributed by atoms with van der Waals surface area (Å²) < 4.78 is 10.6. The number of amides is 1. The molecule has 122 valence electrons. The highest BCUT2D eigenvalue weighted by Gasteiger charge is 2.19.